The number of nitrogens with zero attached hydrogens (tertiary/aromatic N) is 1. The van der Waals surface area contributed by atoms with Gasteiger partial charge in [0, 0.05) is 25.2 Å². The molecule has 0 aliphatic carbocycles. The molecule has 0 aliphatic heterocycles. The van der Waals surface area contributed by atoms with Crippen molar-refractivity contribution in [2.45, 2.75) is 60.0 Å². The first-order chi connectivity index (χ1) is 9.93. The van der Waals surface area contributed by atoms with Crippen LogP contribution in [0.15, 0.2) is 24.3 Å². The first kappa shape index (κ1) is 18.2. The smallest absolute Gasteiger partial charge is 0.0332 e. The van der Waals surface area contributed by atoms with E-state index in [0.717, 1.165) is 19.0 Å². The minimum Gasteiger partial charge on any atom is -0.310 e. The van der Waals surface area contributed by atoms with Gasteiger partial charge in [-0.25, -0.2) is 0 Å². The molecular formula is C19H34N2. The van der Waals surface area contributed by atoms with Crippen LogP contribution >= 0.6 is 0 Å². The second kappa shape index (κ2) is 9.22. The largest absolute Gasteiger partial charge is 0.310 e. The molecule has 0 radical (unpaired) electrons. The van der Waals surface area contributed by atoms with Gasteiger partial charge in [0.2, 0.25) is 0 Å². The molecular weight excluding hydrogens is 256 g/mol. The zero-order chi connectivity index (χ0) is 15.8. The Hall–Kier alpha value is -0.860. The zero-order valence-corrected chi connectivity index (χ0v) is 14.8. The second-order valence-corrected chi connectivity index (χ2v) is 6.79. The molecule has 0 amide bonds. The van der Waals surface area contributed by atoms with Crippen LogP contribution in [0.1, 0.15) is 58.2 Å². The molecule has 0 heterocycles. The molecule has 120 valence electrons. The zero-order valence-electron chi connectivity index (χ0n) is 14.8. The Balaban J connectivity index is 2.67. The van der Waals surface area contributed by atoms with Gasteiger partial charge in [-0.1, -0.05) is 50.6 Å². The summed E-state index contributed by atoms with van der Waals surface area (Å²) >= 11 is 0. The number of nitrogens with one attached hydrogen (secondary N) is 1. The van der Waals surface area contributed by atoms with Gasteiger partial charge in [0.1, 0.15) is 0 Å². The van der Waals surface area contributed by atoms with Gasteiger partial charge >= 0.3 is 0 Å². The third-order valence-corrected chi connectivity index (χ3v) is 3.97. The van der Waals surface area contributed by atoms with Crippen molar-refractivity contribution in [3.8, 4) is 0 Å². The number of hydrogen-bond donors (Lipinski definition) is 1. The average molecular weight is 290 g/mol. The Kier molecular flexibility index (Phi) is 7.98. The summed E-state index contributed by atoms with van der Waals surface area (Å²) in [5.74, 6) is 0.726. The Labute approximate surface area is 131 Å². The van der Waals surface area contributed by atoms with E-state index in [0.29, 0.717) is 12.1 Å². The Morgan fingerprint density at radius 1 is 1.05 bits per heavy atom. The highest BCUT2D eigenvalue weighted by Crippen LogP contribution is 2.19. The molecule has 1 aromatic rings. The van der Waals surface area contributed by atoms with Gasteiger partial charge < -0.3 is 10.2 Å². The van der Waals surface area contributed by atoms with Crippen molar-refractivity contribution in [3.05, 3.63) is 35.4 Å². The summed E-state index contributed by atoms with van der Waals surface area (Å²) in [6.07, 6.45) is 1.17. The first-order valence-corrected chi connectivity index (χ1v) is 8.48. The fourth-order valence-electron chi connectivity index (χ4n) is 2.76. The molecule has 0 saturated carbocycles. The maximum absolute atomic E-state index is 3.64. The Bertz CT molecular complexity index is 381. The van der Waals surface area contributed by atoms with Crippen LogP contribution in [-0.4, -0.2) is 30.6 Å². The lowest BCUT2D eigenvalue weighted by atomic mass is 10.0. The number of benzene rings is 1. The van der Waals surface area contributed by atoms with Gasteiger partial charge in [-0.15, -0.1) is 0 Å². The Morgan fingerprint density at radius 2 is 1.67 bits per heavy atom. The van der Waals surface area contributed by atoms with Gasteiger partial charge in [-0.2, -0.15) is 0 Å². The summed E-state index contributed by atoms with van der Waals surface area (Å²) in [4.78, 5) is 2.60. The lowest BCUT2D eigenvalue weighted by Gasteiger charge is -2.30. The van der Waals surface area contributed by atoms with E-state index < -0.39 is 0 Å². The highest BCUT2D eigenvalue weighted by molar-refractivity contribution is 5.24. The standard InChI is InChI=1S/C19H34N2/c1-7-20-19(18-10-8-17(6)9-11-18)12-13-21(16(4)5)14-15(2)3/h8-11,15-16,19-20H,7,12-14H2,1-6H3. The van der Waals surface area contributed by atoms with Crippen LogP contribution in [0.5, 0.6) is 0 Å². The van der Waals surface area contributed by atoms with Gasteiger partial charge in [0.05, 0.1) is 0 Å². The van der Waals surface area contributed by atoms with E-state index in [1.807, 2.05) is 0 Å². The predicted molar refractivity (Wildman–Crippen MR) is 93.8 cm³/mol. The molecule has 1 N–H and O–H groups in total. The van der Waals surface area contributed by atoms with Crippen molar-refractivity contribution in [3.63, 3.8) is 0 Å². The van der Waals surface area contributed by atoms with E-state index in [2.05, 4.69) is 76.0 Å². The molecule has 21 heavy (non-hydrogen) atoms. The van der Waals surface area contributed by atoms with E-state index in [9.17, 15) is 0 Å². The topological polar surface area (TPSA) is 15.3 Å². The lowest BCUT2D eigenvalue weighted by molar-refractivity contribution is 0.188. The highest BCUT2D eigenvalue weighted by Gasteiger charge is 2.15. The molecule has 2 heteroatoms. The molecule has 1 aromatic carbocycles. The number of aryl methyl sites for hydroxylation is 1. The summed E-state index contributed by atoms with van der Waals surface area (Å²) in [5, 5.41) is 3.64. The highest BCUT2D eigenvalue weighted by atomic mass is 15.1. The quantitative estimate of drug-likeness (QED) is 0.725. The van der Waals surface area contributed by atoms with E-state index >= 15 is 0 Å². The van der Waals surface area contributed by atoms with Gasteiger partial charge in [-0.3, -0.25) is 0 Å². The van der Waals surface area contributed by atoms with Crippen molar-refractivity contribution < 1.29 is 0 Å². The molecule has 0 saturated heterocycles. The van der Waals surface area contributed by atoms with Crippen molar-refractivity contribution in [2.24, 2.45) is 5.92 Å². The summed E-state index contributed by atoms with van der Waals surface area (Å²) in [6.45, 7) is 16.9. The summed E-state index contributed by atoms with van der Waals surface area (Å²) in [7, 11) is 0. The first-order valence-electron chi connectivity index (χ1n) is 8.48. The van der Waals surface area contributed by atoms with Crippen molar-refractivity contribution in [1.82, 2.24) is 10.2 Å². The molecule has 1 rings (SSSR count). The maximum atomic E-state index is 3.64. The van der Waals surface area contributed by atoms with Crippen LogP contribution in [0.2, 0.25) is 0 Å². The van der Waals surface area contributed by atoms with Crippen molar-refractivity contribution in [1.29, 1.82) is 0 Å². The summed E-state index contributed by atoms with van der Waals surface area (Å²) in [5.41, 5.74) is 2.74. The fourth-order valence-corrected chi connectivity index (χ4v) is 2.76. The van der Waals surface area contributed by atoms with E-state index in [4.69, 9.17) is 0 Å². The lowest BCUT2D eigenvalue weighted by Crippen LogP contribution is -2.37. The van der Waals surface area contributed by atoms with Crippen LogP contribution in [0.4, 0.5) is 0 Å². The molecule has 1 unspecified atom stereocenters. The molecule has 0 bridgehead atoms. The van der Waals surface area contributed by atoms with E-state index in [1.54, 1.807) is 0 Å². The van der Waals surface area contributed by atoms with Crippen LogP contribution in [0.3, 0.4) is 0 Å². The molecule has 0 aromatic heterocycles. The molecule has 2 nitrogen and oxygen atoms in total. The molecule has 0 spiro atoms. The molecule has 0 aliphatic rings. The second-order valence-electron chi connectivity index (χ2n) is 6.79. The minimum absolute atomic E-state index is 0.462. The van der Waals surface area contributed by atoms with Crippen LogP contribution < -0.4 is 5.32 Å². The number of rotatable bonds is 9. The van der Waals surface area contributed by atoms with Crippen molar-refractivity contribution >= 4 is 0 Å². The van der Waals surface area contributed by atoms with Gasteiger partial charge in [0.25, 0.3) is 0 Å². The SMILES string of the molecule is CCNC(CCN(CC(C)C)C(C)C)c1ccc(C)cc1. The van der Waals surface area contributed by atoms with Gasteiger partial charge in [-0.05, 0) is 45.2 Å². The monoisotopic (exact) mass is 290 g/mol. The molecule has 0 fully saturated rings. The third-order valence-electron chi connectivity index (χ3n) is 3.97. The van der Waals surface area contributed by atoms with Crippen LogP contribution in [0, 0.1) is 12.8 Å². The summed E-state index contributed by atoms with van der Waals surface area (Å²) < 4.78 is 0. The van der Waals surface area contributed by atoms with Crippen molar-refractivity contribution in [2.75, 3.05) is 19.6 Å². The average Bonchev–Trinajstić information content (AvgIpc) is 2.42. The van der Waals surface area contributed by atoms with Crippen LogP contribution in [-0.2, 0) is 0 Å². The number of hydrogen-bond acceptors (Lipinski definition) is 2. The van der Waals surface area contributed by atoms with Gasteiger partial charge in [0.15, 0.2) is 0 Å². The normalized spacial score (nSPS) is 13.4. The maximum Gasteiger partial charge on any atom is 0.0332 e. The van der Waals surface area contributed by atoms with Crippen LogP contribution in [0.25, 0.3) is 0 Å². The summed E-state index contributed by atoms with van der Waals surface area (Å²) in [6, 6.07) is 10.1. The van der Waals surface area contributed by atoms with E-state index in [1.165, 1.54) is 24.1 Å². The minimum atomic E-state index is 0.462. The fraction of sp³-hybridized carbons (Fsp3) is 0.684. The third kappa shape index (κ3) is 6.62. The predicted octanol–water partition coefficient (Wildman–Crippen LogP) is 4.40. The molecule has 1 atom stereocenters. The van der Waals surface area contributed by atoms with E-state index in [-0.39, 0.29) is 0 Å². The Morgan fingerprint density at radius 3 is 2.14 bits per heavy atom.